The molecule has 0 saturated heterocycles. The molecular formula is C12H11N3O2. The minimum Gasteiger partial charge on any atom is -0.483 e. The van der Waals surface area contributed by atoms with Crippen molar-refractivity contribution in [3.8, 4) is 17.9 Å². The second-order valence-corrected chi connectivity index (χ2v) is 3.32. The van der Waals surface area contributed by atoms with Crippen molar-refractivity contribution in [3.63, 3.8) is 0 Å². The van der Waals surface area contributed by atoms with Crippen molar-refractivity contribution >= 4 is 5.91 Å². The van der Waals surface area contributed by atoms with Crippen LogP contribution in [0.5, 0.6) is 5.75 Å². The van der Waals surface area contributed by atoms with Gasteiger partial charge in [-0.25, -0.2) is 0 Å². The highest BCUT2D eigenvalue weighted by molar-refractivity contribution is 5.77. The SMILES string of the molecule is Cc1ccc(C#N)cc1OCC(=O)NCC#N. The molecule has 0 aromatic heterocycles. The van der Waals surface area contributed by atoms with E-state index in [1.807, 2.05) is 13.0 Å². The quantitative estimate of drug-likeness (QED) is 0.776. The minimum absolute atomic E-state index is 0.0423. The van der Waals surface area contributed by atoms with Gasteiger partial charge in [0.1, 0.15) is 12.3 Å². The molecule has 17 heavy (non-hydrogen) atoms. The standard InChI is InChI=1S/C12H11N3O2/c1-9-2-3-10(7-14)6-11(9)17-8-12(16)15-5-4-13/h2-3,6H,5,8H2,1H3,(H,15,16). The molecule has 0 heterocycles. The molecule has 0 radical (unpaired) electrons. The molecule has 5 nitrogen and oxygen atoms in total. The molecule has 86 valence electrons. The zero-order valence-electron chi connectivity index (χ0n) is 9.36. The smallest absolute Gasteiger partial charge is 0.258 e. The Morgan fingerprint density at radius 2 is 2.24 bits per heavy atom. The first-order chi connectivity index (χ1) is 8.17. The second-order valence-electron chi connectivity index (χ2n) is 3.32. The van der Waals surface area contributed by atoms with Crippen LogP contribution in [0.15, 0.2) is 18.2 Å². The van der Waals surface area contributed by atoms with Crippen molar-refractivity contribution in [2.24, 2.45) is 0 Å². The van der Waals surface area contributed by atoms with Crippen LogP contribution < -0.4 is 10.1 Å². The highest BCUT2D eigenvalue weighted by Crippen LogP contribution is 2.18. The van der Waals surface area contributed by atoms with Gasteiger partial charge >= 0.3 is 0 Å². The number of hydrogen-bond acceptors (Lipinski definition) is 4. The van der Waals surface area contributed by atoms with Gasteiger partial charge < -0.3 is 10.1 Å². The largest absolute Gasteiger partial charge is 0.483 e. The maximum absolute atomic E-state index is 11.2. The van der Waals surface area contributed by atoms with Crippen molar-refractivity contribution in [3.05, 3.63) is 29.3 Å². The van der Waals surface area contributed by atoms with Crippen LogP contribution in [0.4, 0.5) is 0 Å². The summed E-state index contributed by atoms with van der Waals surface area (Å²) in [6.07, 6.45) is 0. The van der Waals surface area contributed by atoms with Crippen molar-refractivity contribution in [1.82, 2.24) is 5.32 Å². The van der Waals surface area contributed by atoms with E-state index in [1.54, 1.807) is 24.3 Å². The Bertz CT molecular complexity index is 497. The summed E-state index contributed by atoms with van der Waals surface area (Å²) in [5, 5.41) is 19.4. The lowest BCUT2D eigenvalue weighted by Gasteiger charge is -2.08. The number of nitrogens with zero attached hydrogens (tertiary/aromatic N) is 2. The lowest BCUT2D eigenvalue weighted by atomic mass is 10.1. The number of hydrogen-bond donors (Lipinski definition) is 1. The number of carbonyl (C=O) groups is 1. The molecule has 0 atom stereocenters. The summed E-state index contributed by atoms with van der Waals surface area (Å²) >= 11 is 0. The van der Waals surface area contributed by atoms with Gasteiger partial charge in [-0.05, 0) is 24.6 Å². The van der Waals surface area contributed by atoms with E-state index in [0.29, 0.717) is 11.3 Å². The van der Waals surface area contributed by atoms with Crippen LogP contribution in [0.2, 0.25) is 0 Å². The summed E-state index contributed by atoms with van der Waals surface area (Å²) in [6.45, 7) is 1.61. The normalized spacial score (nSPS) is 8.88. The van der Waals surface area contributed by atoms with Crippen molar-refractivity contribution in [1.29, 1.82) is 10.5 Å². The molecule has 1 amide bonds. The Morgan fingerprint density at radius 3 is 2.88 bits per heavy atom. The van der Waals surface area contributed by atoms with Gasteiger partial charge in [0.05, 0.1) is 17.7 Å². The van der Waals surface area contributed by atoms with Crippen LogP contribution in [-0.4, -0.2) is 19.1 Å². The van der Waals surface area contributed by atoms with Crippen LogP contribution in [-0.2, 0) is 4.79 Å². The van der Waals surface area contributed by atoms with E-state index in [4.69, 9.17) is 15.3 Å². The molecule has 5 heteroatoms. The molecule has 1 aromatic rings. The van der Waals surface area contributed by atoms with Gasteiger partial charge in [-0.3, -0.25) is 4.79 Å². The maximum Gasteiger partial charge on any atom is 0.258 e. The van der Waals surface area contributed by atoms with E-state index in [0.717, 1.165) is 5.56 Å². The molecule has 0 unspecified atom stereocenters. The summed E-state index contributed by atoms with van der Waals surface area (Å²) < 4.78 is 5.27. The Labute approximate surface area is 99.2 Å². The number of aryl methyl sites for hydroxylation is 1. The molecular weight excluding hydrogens is 218 g/mol. The van der Waals surface area contributed by atoms with Crippen molar-refractivity contribution < 1.29 is 9.53 Å². The van der Waals surface area contributed by atoms with Crippen molar-refractivity contribution in [2.45, 2.75) is 6.92 Å². The van der Waals surface area contributed by atoms with E-state index in [2.05, 4.69) is 5.32 Å². The Morgan fingerprint density at radius 1 is 1.47 bits per heavy atom. The summed E-state index contributed by atoms with van der Waals surface area (Å²) in [5.41, 5.74) is 1.32. The van der Waals surface area contributed by atoms with E-state index < -0.39 is 0 Å². The first-order valence-corrected chi connectivity index (χ1v) is 4.94. The molecule has 0 aliphatic rings. The molecule has 1 N–H and O–H groups in total. The molecule has 0 aliphatic heterocycles. The summed E-state index contributed by atoms with van der Waals surface area (Å²) in [7, 11) is 0. The zero-order valence-corrected chi connectivity index (χ0v) is 9.36. The zero-order chi connectivity index (χ0) is 12.7. The number of nitriles is 2. The predicted octanol–water partition coefficient (Wildman–Crippen LogP) is 0.885. The van der Waals surface area contributed by atoms with Gasteiger partial charge in [-0.15, -0.1) is 0 Å². The van der Waals surface area contributed by atoms with Crippen LogP contribution >= 0.6 is 0 Å². The fraction of sp³-hybridized carbons (Fsp3) is 0.250. The second kappa shape index (κ2) is 6.14. The fourth-order valence-electron chi connectivity index (χ4n) is 1.16. The molecule has 0 saturated carbocycles. The van der Waals surface area contributed by atoms with Crippen LogP contribution in [0.25, 0.3) is 0 Å². The number of benzene rings is 1. The average molecular weight is 229 g/mol. The minimum atomic E-state index is -0.367. The number of rotatable bonds is 4. The monoisotopic (exact) mass is 229 g/mol. The summed E-state index contributed by atoms with van der Waals surface area (Å²) in [4.78, 5) is 11.2. The Hall–Kier alpha value is -2.53. The first-order valence-electron chi connectivity index (χ1n) is 4.94. The van der Waals surface area contributed by atoms with Gasteiger partial charge in [0.2, 0.25) is 0 Å². The van der Waals surface area contributed by atoms with E-state index in [1.165, 1.54) is 0 Å². The molecule has 0 spiro atoms. The summed E-state index contributed by atoms with van der Waals surface area (Å²) in [5.74, 6) is 0.129. The number of nitrogens with one attached hydrogen (secondary N) is 1. The van der Waals surface area contributed by atoms with Gasteiger partial charge in [-0.1, -0.05) is 6.07 Å². The molecule has 0 aliphatic carbocycles. The van der Waals surface area contributed by atoms with E-state index >= 15 is 0 Å². The van der Waals surface area contributed by atoms with E-state index in [-0.39, 0.29) is 19.1 Å². The summed E-state index contributed by atoms with van der Waals surface area (Å²) in [6, 6.07) is 8.79. The van der Waals surface area contributed by atoms with Crippen LogP contribution in [0.1, 0.15) is 11.1 Å². The molecule has 1 aromatic carbocycles. The average Bonchev–Trinajstić information content (AvgIpc) is 2.35. The number of amides is 1. The predicted molar refractivity (Wildman–Crippen MR) is 60.0 cm³/mol. The van der Waals surface area contributed by atoms with Gasteiger partial charge in [-0.2, -0.15) is 10.5 Å². The maximum atomic E-state index is 11.2. The van der Waals surface area contributed by atoms with Crippen LogP contribution in [0.3, 0.4) is 0 Å². The van der Waals surface area contributed by atoms with Gasteiger partial charge in [0, 0.05) is 0 Å². The highest BCUT2D eigenvalue weighted by Gasteiger charge is 2.05. The lowest BCUT2D eigenvalue weighted by Crippen LogP contribution is -2.29. The number of carbonyl (C=O) groups excluding carboxylic acids is 1. The highest BCUT2D eigenvalue weighted by atomic mass is 16.5. The molecule has 0 bridgehead atoms. The third kappa shape index (κ3) is 3.84. The van der Waals surface area contributed by atoms with Gasteiger partial charge in [0.25, 0.3) is 5.91 Å². The number of ether oxygens (including phenoxy) is 1. The third-order valence-electron chi connectivity index (χ3n) is 2.04. The Kier molecular flexibility index (Phi) is 4.53. The van der Waals surface area contributed by atoms with Crippen molar-refractivity contribution in [2.75, 3.05) is 13.2 Å². The third-order valence-corrected chi connectivity index (χ3v) is 2.04. The molecule has 0 fully saturated rings. The Balaban J connectivity index is 2.60. The van der Waals surface area contributed by atoms with Gasteiger partial charge in [0.15, 0.2) is 6.61 Å². The molecule has 1 rings (SSSR count). The fourth-order valence-corrected chi connectivity index (χ4v) is 1.16. The van der Waals surface area contributed by atoms with E-state index in [9.17, 15) is 4.79 Å². The lowest BCUT2D eigenvalue weighted by molar-refractivity contribution is -0.122. The van der Waals surface area contributed by atoms with Crippen LogP contribution in [0, 0.1) is 29.6 Å². The first kappa shape index (κ1) is 12.5. The topological polar surface area (TPSA) is 85.9 Å².